The summed E-state index contributed by atoms with van der Waals surface area (Å²) in [6, 6.07) is 23.9. The number of rotatable bonds is 7. The van der Waals surface area contributed by atoms with Crippen LogP contribution in [0.1, 0.15) is 11.1 Å². The smallest absolute Gasteiger partial charge is 0.242 e. The van der Waals surface area contributed by atoms with Crippen molar-refractivity contribution in [1.82, 2.24) is 4.72 Å². The minimum atomic E-state index is -3.84. The Labute approximate surface area is 165 Å². The standard InChI is InChI=1S/C22H22N2O3S/c1-17-12-14-20(15-13-17)28(26,27)24-21(16-18-8-4-2-5-9-18)22(25)23-19-10-6-3-7-11-19/h2-15,21,24H,16H2,1H3,(H,23,25)/t21-/m1/s1. The van der Waals surface area contributed by atoms with Crippen LogP contribution in [0.4, 0.5) is 5.69 Å². The molecule has 0 radical (unpaired) electrons. The van der Waals surface area contributed by atoms with Gasteiger partial charge in [0.2, 0.25) is 15.9 Å². The fourth-order valence-electron chi connectivity index (χ4n) is 2.76. The molecular formula is C22H22N2O3S. The quantitative estimate of drug-likeness (QED) is 0.644. The summed E-state index contributed by atoms with van der Waals surface area (Å²) in [4.78, 5) is 13.0. The van der Waals surface area contributed by atoms with E-state index in [1.807, 2.05) is 43.3 Å². The van der Waals surface area contributed by atoms with Crippen LogP contribution in [0.2, 0.25) is 0 Å². The van der Waals surface area contributed by atoms with Crippen LogP contribution in [0, 0.1) is 6.92 Å². The van der Waals surface area contributed by atoms with E-state index >= 15 is 0 Å². The number of carbonyl (C=O) groups is 1. The third-order valence-corrected chi connectivity index (χ3v) is 5.76. The van der Waals surface area contributed by atoms with Gasteiger partial charge in [-0.2, -0.15) is 4.72 Å². The van der Waals surface area contributed by atoms with Crippen LogP contribution in [0.3, 0.4) is 0 Å². The summed E-state index contributed by atoms with van der Waals surface area (Å²) >= 11 is 0. The maximum absolute atomic E-state index is 12.8. The zero-order valence-corrected chi connectivity index (χ0v) is 16.3. The summed E-state index contributed by atoms with van der Waals surface area (Å²) < 4.78 is 28.2. The molecule has 0 unspecified atom stereocenters. The highest BCUT2D eigenvalue weighted by molar-refractivity contribution is 7.89. The Morgan fingerprint density at radius 1 is 0.857 bits per heavy atom. The van der Waals surface area contributed by atoms with E-state index in [9.17, 15) is 13.2 Å². The average Bonchev–Trinajstić information content (AvgIpc) is 2.69. The minimum absolute atomic E-state index is 0.128. The number of para-hydroxylation sites is 1. The van der Waals surface area contributed by atoms with Gasteiger partial charge in [0.05, 0.1) is 4.90 Å². The van der Waals surface area contributed by atoms with Crippen LogP contribution < -0.4 is 10.0 Å². The van der Waals surface area contributed by atoms with Gasteiger partial charge in [0, 0.05) is 5.69 Å². The average molecular weight is 394 g/mol. The second kappa shape index (κ2) is 8.82. The van der Waals surface area contributed by atoms with Crippen LogP contribution in [0.15, 0.2) is 89.8 Å². The minimum Gasteiger partial charge on any atom is -0.325 e. The Morgan fingerprint density at radius 3 is 2.04 bits per heavy atom. The zero-order valence-electron chi connectivity index (χ0n) is 15.5. The molecule has 1 amide bonds. The molecule has 2 N–H and O–H groups in total. The first-order chi connectivity index (χ1) is 13.4. The zero-order chi connectivity index (χ0) is 20.0. The van der Waals surface area contributed by atoms with E-state index in [0.29, 0.717) is 5.69 Å². The van der Waals surface area contributed by atoms with Gasteiger partial charge in [0.15, 0.2) is 0 Å². The predicted octanol–water partition coefficient (Wildman–Crippen LogP) is 3.52. The van der Waals surface area contributed by atoms with E-state index in [4.69, 9.17) is 0 Å². The third kappa shape index (κ3) is 5.28. The Kier molecular flexibility index (Phi) is 6.23. The first kappa shape index (κ1) is 19.8. The van der Waals surface area contributed by atoms with E-state index in [1.165, 1.54) is 12.1 Å². The molecule has 0 saturated heterocycles. The molecule has 28 heavy (non-hydrogen) atoms. The summed E-state index contributed by atoms with van der Waals surface area (Å²) in [6.45, 7) is 1.88. The highest BCUT2D eigenvalue weighted by atomic mass is 32.2. The SMILES string of the molecule is Cc1ccc(S(=O)(=O)N[C@H](Cc2ccccc2)C(=O)Nc2ccccc2)cc1. The molecule has 144 valence electrons. The molecule has 0 saturated carbocycles. The van der Waals surface area contributed by atoms with Crippen LogP contribution in [-0.2, 0) is 21.2 Å². The Bertz CT molecular complexity index is 1020. The van der Waals surface area contributed by atoms with Crippen LogP contribution in [0.5, 0.6) is 0 Å². The second-order valence-corrected chi connectivity index (χ2v) is 8.25. The molecule has 3 aromatic rings. The maximum Gasteiger partial charge on any atom is 0.242 e. The molecular weight excluding hydrogens is 372 g/mol. The molecule has 3 rings (SSSR count). The summed E-state index contributed by atoms with van der Waals surface area (Å²) in [5.74, 6) is -0.411. The van der Waals surface area contributed by atoms with E-state index < -0.39 is 22.0 Å². The first-order valence-corrected chi connectivity index (χ1v) is 10.4. The third-order valence-electron chi connectivity index (χ3n) is 4.27. The lowest BCUT2D eigenvalue weighted by Gasteiger charge is -2.19. The van der Waals surface area contributed by atoms with Crippen LogP contribution in [0.25, 0.3) is 0 Å². The van der Waals surface area contributed by atoms with E-state index in [0.717, 1.165) is 11.1 Å². The number of hydrogen-bond donors (Lipinski definition) is 2. The lowest BCUT2D eigenvalue weighted by Crippen LogP contribution is -2.45. The van der Waals surface area contributed by atoms with Gasteiger partial charge in [-0.05, 0) is 43.2 Å². The summed E-state index contributed by atoms with van der Waals surface area (Å²) in [5.41, 5.74) is 2.43. The van der Waals surface area contributed by atoms with Gasteiger partial charge in [-0.1, -0.05) is 66.2 Å². The fraction of sp³-hybridized carbons (Fsp3) is 0.136. The molecule has 0 aliphatic heterocycles. The van der Waals surface area contributed by atoms with Crippen molar-refractivity contribution in [2.75, 3.05) is 5.32 Å². The fourth-order valence-corrected chi connectivity index (χ4v) is 3.96. The van der Waals surface area contributed by atoms with Gasteiger partial charge in [0.1, 0.15) is 6.04 Å². The lowest BCUT2D eigenvalue weighted by molar-refractivity contribution is -0.117. The summed E-state index contributed by atoms with van der Waals surface area (Å²) in [7, 11) is -3.84. The van der Waals surface area contributed by atoms with Gasteiger partial charge in [-0.3, -0.25) is 4.79 Å². The van der Waals surface area contributed by atoms with Crippen molar-refractivity contribution in [3.05, 3.63) is 96.1 Å². The molecule has 0 aromatic heterocycles. The Morgan fingerprint density at radius 2 is 1.43 bits per heavy atom. The molecule has 1 atom stereocenters. The molecule has 6 heteroatoms. The number of carbonyl (C=O) groups excluding carboxylic acids is 1. The van der Waals surface area contributed by atoms with Crippen molar-refractivity contribution < 1.29 is 13.2 Å². The predicted molar refractivity (Wildman–Crippen MR) is 111 cm³/mol. The van der Waals surface area contributed by atoms with Gasteiger partial charge >= 0.3 is 0 Å². The van der Waals surface area contributed by atoms with Crippen molar-refractivity contribution in [2.24, 2.45) is 0 Å². The van der Waals surface area contributed by atoms with Crippen LogP contribution >= 0.6 is 0 Å². The normalized spacial score (nSPS) is 12.3. The van der Waals surface area contributed by atoms with Gasteiger partial charge < -0.3 is 5.32 Å². The number of benzene rings is 3. The number of hydrogen-bond acceptors (Lipinski definition) is 3. The highest BCUT2D eigenvalue weighted by Crippen LogP contribution is 2.14. The topological polar surface area (TPSA) is 75.3 Å². The summed E-state index contributed by atoms with van der Waals surface area (Å²) in [6.07, 6.45) is 0.241. The van der Waals surface area contributed by atoms with Crippen molar-refractivity contribution in [2.45, 2.75) is 24.3 Å². The van der Waals surface area contributed by atoms with Crippen molar-refractivity contribution in [1.29, 1.82) is 0 Å². The molecule has 0 aliphatic rings. The van der Waals surface area contributed by atoms with Crippen molar-refractivity contribution in [3.8, 4) is 0 Å². The molecule has 0 heterocycles. The summed E-state index contributed by atoms with van der Waals surface area (Å²) in [5, 5.41) is 2.78. The molecule has 0 aliphatic carbocycles. The largest absolute Gasteiger partial charge is 0.325 e. The maximum atomic E-state index is 12.8. The first-order valence-electron chi connectivity index (χ1n) is 8.93. The lowest BCUT2D eigenvalue weighted by atomic mass is 10.1. The molecule has 5 nitrogen and oxygen atoms in total. The number of aryl methyl sites for hydroxylation is 1. The highest BCUT2D eigenvalue weighted by Gasteiger charge is 2.26. The Hall–Kier alpha value is -2.96. The number of sulfonamides is 1. The van der Waals surface area contributed by atoms with Gasteiger partial charge in [-0.25, -0.2) is 8.42 Å². The van der Waals surface area contributed by atoms with E-state index in [-0.39, 0.29) is 11.3 Å². The van der Waals surface area contributed by atoms with Crippen molar-refractivity contribution in [3.63, 3.8) is 0 Å². The molecule has 0 bridgehead atoms. The van der Waals surface area contributed by atoms with Crippen molar-refractivity contribution >= 4 is 21.6 Å². The number of amides is 1. The van der Waals surface area contributed by atoms with Gasteiger partial charge in [0.25, 0.3) is 0 Å². The van der Waals surface area contributed by atoms with E-state index in [2.05, 4.69) is 10.0 Å². The number of anilines is 1. The monoisotopic (exact) mass is 394 g/mol. The number of nitrogens with one attached hydrogen (secondary N) is 2. The Balaban J connectivity index is 1.84. The van der Waals surface area contributed by atoms with Crippen LogP contribution in [-0.4, -0.2) is 20.4 Å². The van der Waals surface area contributed by atoms with E-state index in [1.54, 1.807) is 36.4 Å². The molecule has 0 spiro atoms. The van der Waals surface area contributed by atoms with Gasteiger partial charge in [-0.15, -0.1) is 0 Å². The second-order valence-electron chi connectivity index (χ2n) is 6.53. The molecule has 3 aromatic carbocycles. The molecule has 0 fully saturated rings.